The summed E-state index contributed by atoms with van der Waals surface area (Å²) in [5.41, 5.74) is 6.79. The topological polar surface area (TPSA) is 96.7 Å². The molecule has 3 heterocycles. The number of nitrogens with one attached hydrogen (secondary N) is 2. The highest BCUT2D eigenvalue weighted by atomic mass is 16.5. The van der Waals surface area contributed by atoms with E-state index in [4.69, 9.17) is 10.5 Å². The first kappa shape index (κ1) is 19.2. The lowest BCUT2D eigenvalue weighted by molar-refractivity contribution is -0.143. The summed E-state index contributed by atoms with van der Waals surface area (Å²) in [7, 11) is 0. The quantitative estimate of drug-likeness (QED) is 0.707. The molecule has 0 radical (unpaired) electrons. The van der Waals surface area contributed by atoms with E-state index in [1.165, 1.54) is 0 Å². The number of fused-ring (bicyclic) bond motifs is 2. The fraction of sp³-hybridized carbons (Fsp3) is 0.619. The highest BCUT2D eigenvalue weighted by Crippen LogP contribution is 2.34. The van der Waals surface area contributed by atoms with Gasteiger partial charge in [0.15, 0.2) is 0 Å². The molecule has 2 fully saturated rings. The fourth-order valence-corrected chi connectivity index (χ4v) is 4.66. The highest BCUT2D eigenvalue weighted by molar-refractivity contribution is 5.91. The maximum absolute atomic E-state index is 13.2. The Labute approximate surface area is 166 Å². The van der Waals surface area contributed by atoms with Crippen LogP contribution in [0.25, 0.3) is 0 Å². The Morgan fingerprint density at radius 2 is 2.04 bits per heavy atom. The van der Waals surface area contributed by atoms with Crippen molar-refractivity contribution < 1.29 is 14.3 Å². The molecule has 1 aromatic rings. The van der Waals surface area contributed by atoms with Crippen LogP contribution in [-0.4, -0.2) is 53.5 Å². The van der Waals surface area contributed by atoms with E-state index in [1.54, 1.807) is 4.90 Å². The van der Waals surface area contributed by atoms with E-state index in [1.807, 2.05) is 38.1 Å². The molecule has 0 spiro atoms. The van der Waals surface area contributed by atoms with Gasteiger partial charge in [-0.3, -0.25) is 9.59 Å². The van der Waals surface area contributed by atoms with Gasteiger partial charge in [0.25, 0.3) is 0 Å². The van der Waals surface area contributed by atoms with Crippen LogP contribution in [0.1, 0.15) is 51.1 Å². The van der Waals surface area contributed by atoms with Crippen LogP contribution in [0, 0.1) is 0 Å². The maximum Gasteiger partial charge on any atom is 0.243 e. The number of benzene rings is 1. The minimum atomic E-state index is -0.674. The molecule has 3 aliphatic rings. The van der Waals surface area contributed by atoms with Gasteiger partial charge in [0, 0.05) is 23.6 Å². The first-order valence-electron chi connectivity index (χ1n) is 10.2. The predicted octanol–water partition coefficient (Wildman–Crippen LogP) is 1.09. The molecular weight excluding hydrogens is 356 g/mol. The Bertz CT molecular complexity index is 766. The smallest absolute Gasteiger partial charge is 0.243 e. The summed E-state index contributed by atoms with van der Waals surface area (Å²) in [6.45, 7) is 5.25. The van der Waals surface area contributed by atoms with Gasteiger partial charge in [0.1, 0.15) is 17.8 Å². The number of carbonyl (C=O) groups excluding carboxylic acids is 2. The Balaban J connectivity index is 1.53. The summed E-state index contributed by atoms with van der Waals surface area (Å²) in [5.74, 6) is 0.601. The van der Waals surface area contributed by atoms with Crippen LogP contribution in [-0.2, 0) is 9.59 Å². The molecule has 0 bridgehead atoms. The zero-order valence-corrected chi connectivity index (χ0v) is 16.6. The lowest BCUT2D eigenvalue weighted by atomic mass is 9.91. The van der Waals surface area contributed by atoms with Crippen LogP contribution in [0.4, 0.5) is 0 Å². The predicted molar refractivity (Wildman–Crippen MR) is 106 cm³/mol. The number of para-hydroxylation sites is 1. The van der Waals surface area contributed by atoms with Crippen molar-refractivity contribution in [3.8, 4) is 5.75 Å². The number of nitrogens with zero attached hydrogens (tertiary/aromatic N) is 1. The van der Waals surface area contributed by atoms with Gasteiger partial charge in [-0.25, -0.2) is 0 Å². The lowest BCUT2D eigenvalue weighted by Gasteiger charge is -2.41. The van der Waals surface area contributed by atoms with Crippen molar-refractivity contribution in [3.63, 3.8) is 0 Å². The molecule has 7 nitrogen and oxygen atoms in total. The van der Waals surface area contributed by atoms with Crippen LogP contribution in [0.15, 0.2) is 24.3 Å². The zero-order valence-electron chi connectivity index (χ0n) is 16.6. The van der Waals surface area contributed by atoms with Crippen molar-refractivity contribution in [2.75, 3.05) is 13.2 Å². The second-order valence-electron chi connectivity index (χ2n) is 8.64. The summed E-state index contributed by atoms with van der Waals surface area (Å²) >= 11 is 0. The normalized spacial score (nSPS) is 31.8. The van der Waals surface area contributed by atoms with Crippen molar-refractivity contribution >= 4 is 11.8 Å². The second-order valence-corrected chi connectivity index (χ2v) is 8.64. The van der Waals surface area contributed by atoms with Gasteiger partial charge < -0.3 is 26.0 Å². The van der Waals surface area contributed by atoms with Crippen LogP contribution in [0.3, 0.4) is 0 Å². The molecule has 4 N–H and O–H groups in total. The molecule has 2 saturated heterocycles. The van der Waals surface area contributed by atoms with Crippen molar-refractivity contribution in [2.24, 2.45) is 5.73 Å². The summed E-state index contributed by atoms with van der Waals surface area (Å²) in [5, 5.41) is 6.56. The molecule has 0 aliphatic carbocycles. The molecular formula is C21H30N4O3. The summed E-state index contributed by atoms with van der Waals surface area (Å²) in [6.07, 6.45) is 3.08. The van der Waals surface area contributed by atoms with Crippen molar-refractivity contribution in [3.05, 3.63) is 29.8 Å². The van der Waals surface area contributed by atoms with E-state index in [2.05, 4.69) is 10.6 Å². The fourth-order valence-electron chi connectivity index (χ4n) is 4.66. The minimum Gasteiger partial charge on any atom is -0.493 e. The Hall–Kier alpha value is -2.12. The third kappa shape index (κ3) is 3.37. The SMILES string of the molecule is CC1(C)NCC[C@H]2CC[C@@H](C(=O)N[C@@H]3CCOc4ccccc43)N2C(=O)[C@H]1N. The third-order valence-electron chi connectivity index (χ3n) is 6.44. The van der Waals surface area contributed by atoms with Crippen molar-refractivity contribution in [2.45, 2.75) is 69.2 Å². The number of hydrogen-bond acceptors (Lipinski definition) is 5. The van der Waals surface area contributed by atoms with Crippen LogP contribution in [0.5, 0.6) is 5.75 Å². The number of nitrogens with two attached hydrogens (primary N) is 1. The van der Waals surface area contributed by atoms with E-state index in [9.17, 15) is 9.59 Å². The Morgan fingerprint density at radius 3 is 2.86 bits per heavy atom. The zero-order chi connectivity index (χ0) is 19.9. The van der Waals surface area contributed by atoms with Crippen molar-refractivity contribution in [1.82, 2.24) is 15.5 Å². The molecule has 2 amide bonds. The summed E-state index contributed by atoms with van der Waals surface area (Å²) < 4.78 is 5.69. The molecule has 4 atom stereocenters. The number of rotatable bonds is 2. The maximum atomic E-state index is 13.2. The third-order valence-corrected chi connectivity index (χ3v) is 6.44. The largest absolute Gasteiger partial charge is 0.493 e. The van der Waals surface area contributed by atoms with E-state index >= 15 is 0 Å². The molecule has 152 valence electrons. The van der Waals surface area contributed by atoms with Gasteiger partial charge in [-0.2, -0.15) is 0 Å². The lowest BCUT2D eigenvalue weighted by Crippen LogP contribution is -2.65. The monoisotopic (exact) mass is 386 g/mol. The van der Waals surface area contributed by atoms with E-state index in [0.717, 1.165) is 37.1 Å². The summed E-state index contributed by atoms with van der Waals surface area (Å²) in [6, 6.07) is 6.65. The van der Waals surface area contributed by atoms with Gasteiger partial charge in [0.2, 0.25) is 11.8 Å². The second kappa shape index (κ2) is 7.37. The Kier molecular flexibility index (Phi) is 5.05. The molecule has 3 aliphatic heterocycles. The first-order chi connectivity index (χ1) is 13.4. The van der Waals surface area contributed by atoms with E-state index in [0.29, 0.717) is 13.0 Å². The molecule has 28 heavy (non-hydrogen) atoms. The first-order valence-corrected chi connectivity index (χ1v) is 10.2. The van der Waals surface area contributed by atoms with Gasteiger partial charge in [-0.15, -0.1) is 0 Å². The number of carbonyl (C=O) groups is 2. The average molecular weight is 386 g/mol. The molecule has 0 aromatic heterocycles. The number of ether oxygens (including phenoxy) is 1. The standard InChI is InChI=1S/C21H30N4O3/c1-21(2)18(22)20(27)25-13(9-11-23-21)7-8-16(25)19(26)24-15-10-12-28-17-6-4-3-5-14(15)17/h3-6,13,15-16,18,23H,7-12,22H2,1-2H3,(H,24,26)/t13-,15-,16+,18-/m1/s1. The average Bonchev–Trinajstić information content (AvgIpc) is 3.10. The highest BCUT2D eigenvalue weighted by Gasteiger charge is 2.47. The van der Waals surface area contributed by atoms with Crippen LogP contribution < -0.4 is 21.1 Å². The number of hydrogen-bond donors (Lipinski definition) is 3. The van der Waals surface area contributed by atoms with Crippen LogP contribution in [0.2, 0.25) is 0 Å². The van der Waals surface area contributed by atoms with Gasteiger partial charge in [0.05, 0.1) is 12.6 Å². The molecule has 0 unspecified atom stereocenters. The summed E-state index contributed by atoms with van der Waals surface area (Å²) in [4.78, 5) is 28.1. The molecule has 1 aromatic carbocycles. The molecule has 0 saturated carbocycles. The Morgan fingerprint density at radius 1 is 1.25 bits per heavy atom. The van der Waals surface area contributed by atoms with Gasteiger partial charge in [-0.05, 0) is 45.7 Å². The van der Waals surface area contributed by atoms with E-state index in [-0.39, 0.29) is 23.9 Å². The van der Waals surface area contributed by atoms with Gasteiger partial charge >= 0.3 is 0 Å². The van der Waals surface area contributed by atoms with E-state index < -0.39 is 17.6 Å². The molecule has 7 heteroatoms. The molecule has 4 rings (SSSR count). The minimum absolute atomic E-state index is 0.0693. The number of amides is 2. The van der Waals surface area contributed by atoms with Crippen LogP contribution >= 0.6 is 0 Å². The van der Waals surface area contributed by atoms with Crippen molar-refractivity contribution in [1.29, 1.82) is 0 Å². The van der Waals surface area contributed by atoms with Gasteiger partial charge in [-0.1, -0.05) is 18.2 Å².